The molecule has 4 aromatic carbocycles. The molecule has 1 aliphatic heterocycles. The van der Waals surface area contributed by atoms with Crippen molar-refractivity contribution in [3.8, 4) is 34.1 Å². The summed E-state index contributed by atoms with van der Waals surface area (Å²) in [7, 11) is -4.75. The molecule has 1 aliphatic rings. The van der Waals surface area contributed by atoms with Crippen molar-refractivity contribution >= 4 is 51.3 Å². The summed E-state index contributed by atoms with van der Waals surface area (Å²) in [6.07, 6.45) is 0. The molecule has 0 radical (unpaired) electrons. The zero-order valence-corrected chi connectivity index (χ0v) is 44.7. The topological polar surface area (TPSA) is 77.5 Å². The summed E-state index contributed by atoms with van der Waals surface area (Å²) >= 11 is 0. The van der Waals surface area contributed by atoms with Crippen LogP contribution in [0.4, 0.5) is 22.7 Å². The maximum atomic E-state index is 13.0. The molecule has 0 fully saturated rings. The zero-order chi connectivity index (χ0) is 48.0. The van der Waals surface area contributed by atoms with Gasteiger partial charge in [0.25, 0.3) is 16.6 Å². The Bertz CT molecular complexity index is 2090. The second-order valence-electron chi connectivity index (χ2n) is 22.0. The molecule has 0 unspecified atom stereocenters. The van der Waals surface area contributed by atoms with Gasteiger partial charge in [-0.2, -0.15) is 0 Å². The third kappa shape index (κ3) is 9.69. The first-order chi connectivity index (χ1) is 29.6. The highest BCUT2D eigenvalue weighted by Crippen LogP contribution is 2.55. The Labute approximate surface area is 388 Å². The van der Waals surface area contributed by atoms with Gasteiger partial charge in [-0.05, 0) is 160 Å². The average Bonchev–Trinajstić information content (AvgIpc) is 3.18. The third-order valence-electron chi connectivity index (χ3n) is 13.3. The van der Waals surface area contributed by atoms with Gasteiger partial charge in [-0.3, -0.25) is 9.59 Å². The van der Waals surface area contributed by atoms with E-state index in [4.69, 9.17) is 18.3 Å². The predicted octanol–water partition coefficient (Wildman–Crippen LogP) is 16.2. The highest BCUT2D eigenvalue weighted by atomic mass is 28.4. The first kappa shape index (κ1) is 50.5. The molecule has 5 rings (SSSR count). The molecule has 0 saturated heterocycles. The van der Waals surface area contributed by atoms with Crippen LogP contribution in [0.15, 0.2) is 72.8 Å². The number of nitrogens with zero attached hydrogens (tertiary/aromatic N) is 2. The van der Waals surface area contributed by atoms with Crippen molar-refractivity contribution in [2.75, 3.05) is 10.0 Å². The fourth-order valence-electron chi connectivity index (χ4n) is 10.0. The minimum absolute atomic E-state index is 0.302. The van der Waals surface area contributed by atoms with Gasteiger partial charge in [0.1, 0.15) is 23.0 Å². The van der Waals surface area contributed by atoms with Gasteiger partial charge in [0.15, 0.2) is 0 Å². The maximum Gasteiger partial charge on any atom is 0.316 e. The summed E-state index contributed by atoms with van der Waals surface area (Å²) in [6.45, 7) is 43.3. The van der Waals surface area contributed by atoms with Crippen LogP contribution in [0, 0.1) is 24.7 Å². The number of carbonyl (C=O) groups is 2. The number of hydrazine groups is 1. The minimum atomic E-state index is -2.37. The minimum Gasteiger partial charge on any atom is -0.542 e. The van der Waals surface area contributed by atoms with Crippen LogP contribution < -0.4 is 28.3 Å². The molecular formula is C54H78N2O6Si2. The number of esters is 2. The molecule has 0 spiro atoms. The molecule has 0 amide bonds. The first-order valence-electron chi connectivity index (χ1n) is 23.5. The molecule has 8 nitrogen and oxygen atoms in total. The van der Waals surface area contributed by atoms with Gasteiger partial charge >= 0.3 is 11.9 Å². The van der Waals surface area contributed by atoms with Crippen LogP contribution in [0.3, 0.4) is 0 Å². The Morgan fingerprint density at radius 2 is 0.719 bits per heavy atom. The normalized spacial score (nSPS) is 13.6. The van der Waals surface area contributed by atoms with Crippen molar-refractivity contribution in [1.29, 1.82) is 0 Å². The van der Waals surface area contributed by atoms with Crippen LogP contribution in [0.25, 0.3) is 11.1 Å². The molecule has 0 N–H and O–H groups in total. The molecular weight excluding hydrogens is 829 g/mol. The Kier molecular flexibility index (Phi) is 14.8. The van der Waals surface area contributed by atoms with E-state index in [1.165, 1.54) is 0 Å². The molecule has 10 heteroatoms. The van der Waals surface area contributed by atoms with Crippen LogP contribution in [-0.2, 0) is 9.59 Å². The van der Waals surface area contributed by atoms with Crippen molar-refractivity contribution in [2.45, 2.75) is 172 Å². The third-order valence-corrected chi connectivity index (χ3v) is 25.3. The lowest BCUT2D eigenvalue weighted by Gasteiger charge is -2.46. The monoisotopic (exact) mass is 907 g/mol. The van der Waals surface area contributed by atoms with Gasteiger partial charge in [-0.25, -0.2) is 10.0 Å². The van der Waals surface area contributed by atoms with Crippen molar-refractivity contribution in [2.24, 2.45) is 10.8 Å². The van der Waals surface area contributed by atoms with E-state index in [0.717, 1.165) is 56.5 Å². The fraction of sp³-hybridized carbons (Fsp3) is 0.519. The lowest BCUT2D eigenvalue weighted by Crippen LogP contribution is -2.51. The van der Waals surface area contributed by atoms with E-state index in [2.05, 4.69) is 131 Å². The molecule has 0 bridgehead atoms. The highest BCUT2D eigenvalue weighted by molar-refractivity contribution is 6.78. The second kappa shape index (κ2) is 18.7. The van der Waals surface area contributed by atoms with E-state index in [1.807, 2.05) is 90.1 Å². The second-order valence-corrected chi connectivity index (χ2v) is 32.8. The molecule has 0 aromatic heterocycles. The molecule has 1 heterocycles. The molecule has 348 valence electrons. The smallest absolute Gasteiger partial charge is 0.316 e. The highest BCUT2D eigenvalue weighted by Gasteiger charge is 2.49. The van der Waals surface area contributed by atoms with E-state index in [0.29, 0.717) is 44.7 Å². The summed E-state index contributed by atoms with van der Waals surface area (Å²) in [4.78, 5) is 26.1. The first-order valence-corrected chi connectivity index (χ1v) is 27.8. The molecule has 0 aliphatic carbocycles. The number of anilines is 4. The maximum absolute atomic E-state index is 13.0. The van der Waals surface area contributed by atoms with E-state index in [1.54, 1.807) is 0 Å². The number of fused-ring (bicyclic) bond motifs is 3. The van der Waals surface area contributed by atoms with Gasteiger partial charge in [0.2, 0.25) is 0 Å². The van der Waals surface area contributed by atoms with Crippen LogP contribution >= 0.6 is 0 Å². The quantitative estimate of drug-likeness (QED) is 0.0703. The average molecular weight is 907 g/mol. The van der Waals surface area contributed by atoms with Gasteiger partial charge in [-0.15, -0.1) is 0 Å². The van der Waals surface area contributed by atoms with Gasteiger partial charge < -0.3 is 18.3 Å². The van der Waals surface area contributed by atoms with Crippen molar-refractivity contribution in [3.05, 3.63) is 83.9 Å². The zero-order valence-electron chi connectivity index (χ0n) is 42.7. The van der Waals surface area contributed by atoms with Crippen LogP contribution in [0.1, 0.15) is 136 Å². The number of carbonyl (C=O) groups excluding carboxylic acids is 2. The molecule has 0 atom stereocenters. The lowest BCUT2D eigenvalue weighted by atomic mass is 9.94. The van der Waals surface area contributed by atoms with Crippen LogP contribution in [0.2, 0.25) is 33.2 Å². The Morgan fingerprint density at radius 1 is 0.453 bits per heavy atom. The largest absolute Gasteiger partial charge is 0.542 e. The molecule has 4 aromatic rings. The Morgan fingerprint density at radius 3 is 0.953 bits per heavy atom. The summed E-state index contributed by atoms with van der Waals surface area (Å²) in [5.74, 6) is 2.10. The lowest BCUT2D eigenvalue weighted by molar-refractivity contribution is -0.143. The van der Waals surface area contributed by atoms with Crippen LogP contribution in [-0.4, -0.2) is 28.6 Å². The standard InChI is InChI=1S/C54H78N2O6Si2/c1-33(2)63(34(3)4,35(5)6)61-49-31-47-45(29-39(49)13)46-30-40(14)50(62-64(36(7)8,37(9)10)38(11)12)32-48(46)56(42-23-27-44(28-24-42)60-52(58)54(18,19)20)55(47)41-21-25-43(26-22-41)59-51(57)53(15,16)17/h21-38H,1-20H3. The van der Waals surface area contributed by atoms with E-state index in [-0.39, 0.29) is 11.9 Å². The van der Waals surface area contributed by atoms with E-state index in [9.17, 15) is 9.59 Å². The van der Waals surface area contributed by atoms with Gasteiger partial charge in [0, 0.05) is 23.3 Å². The Hall–Kier alpha value is -4.55. The van der Waals surface area contributed by atoms with Gasteiger partial charge in [-0.1, -0.05) is 83.1 Å². The number of benzene rings is 4. The van der Waals surface area contributed by atoms with Crippen LogP contribution in [0.5, 0.6) is 23.0 Å². The molecule has 64 heavy (non-hydrogen) atoms. The fourth-order valence-corrected chi connectivity index (χ4v) is 20.6. The van der Waals surface area contributed by atoms with E-state index < -0.39 is 27.5 Å². The SMILES string of the molecule is Cc1cc2c(cc1O[Si](C(C)C)(C(C)C)C(C)C)N(c1ccc(OC(=O)C(C)(C)C)cc1)N(c1ccc(OC(=O)C(C)(C)C)cc1)c1cc(O[Si](C(C)C)(C(C)C)C(C)C)c(C)cc1-2. The summed E-state index contributed by atoms with van der Waals surface area (Å²) in [5.41, 5.74) is 8.82. The molecule has 0 saturated carbocycles. The van der Waals surface area contributed by atoms with Crippen molar-refractivity contribution < 1.29 is 27.9 Å². The van der Waals surface area contributed by atoms with Crippen molar-refractivity contribution in [1.82, 2.24) is 0 Å². The summed E-state index contributed by atoms with van der Waals surface area (Å²) in [6, 6.07) is 24.5. The number of ether oxygens (including phenoxy) is 2. The van der Waals surface area contributed by atoms with Gasteiger partial charge in [0.05, 0.1) is 33.6 Å². The number of hydrogen-bond donors (Lipinski definition) is 0. The number of rotatable bonds is 14. The Balaban J connectivity index is 1.86. The predicted molar refractivity (Wildman–Crippen MR) is 272 cm³/mol. The number of aryl methyl sites for hydroxylation is 2. The number of hydrogen-bond acceptors (Lipinski definition) is 8. The van der Waals surface area contributed by atoms with E-state index >= 15 is 0 Å². The van der Waals surface area contributed by atoms with Crippen molar-refractivity contribution in [3.63, 3.8) is 0 Å². The summed E-state index contributed by atoms with van der Waals surface area (Å²) in [5, 5.41) is 4.46. The summed E-state index contributed by atoms with van der Waals surface area (Å²) < 4.78 is 26.8.